The molecule has 2 aromatic rings. The van der Waals surface area contributed by atoms with E-state index >= 15 is 0 Å². The molecule has 2 heterocycles. The summed E-state index contributed by atoms with van der Waals surface area (Å²) in [5.41, 5.74) is 1.11. The van der Waals surface area contributed by atoms with Crippen molar-refractivity contribution in [2.75, 3.05) is 13.1 Å². The normalized spacial score (nSPS) is 22.2. The van der Waals surface area contributed by atoms with Gasteiger partial charge in [-0.25, -0.2) is 0 Å². The first-order valence-electron chi connectivity index (χ1n) is 10.9. The van der Waals surface area contributed by atoms with Crippen LogP contribution in [0.5, 0.6) is 0 Å². The van der Waals surface area contributed by atoms with Gasteiger partial charge in [0.1, 0.15) is 0 Å². The van der Waals surface area contributed by atoms with Crippen LogP contribution in [0.4, 0.5) is 0 Å². The van der Waals surface area contributed by atoms with E-state index in [0.29, 0.717) is 12.5 Å². The summed E-state index contributed by atoms with van der Waals surface area (Å²) in [5.74, 6) is 2.29. The number of rotatable bonds is 5. The van der Waals surface area contributed by atoms with Crippen LogP contribution in [-0.4, -0.2) is 34.1 Å². The van der Waals surface area contributed by atoms with Crippen LogP contribution in [0.3, 0.4) is 0 Å². The van der Waals surface area contributed by atoms with Gasteiger partial charge in [-0.05, 0) is 37.7 Å². The van der Waals surface area contributed by atoms with Crippen molar-refractivity contribution in [1.29, 1.82) is 0 Å². The highest BCUT2D eigenvalue weighted by molar-refractivity contribution is 5.83. The molecule has 1 aliphatic carbocycles. The topological polar surface area (TPSA) is 59.2 Å². The molecule has 0 spiro atoms. The van der Waals surface area contributed by atoms with Gasteiger partial charge in [-0.2, -0.15) is 0 Å². The molecule has 0 N–H and O–H groups in total. The Hall–Kier alpha value is -2.17. The average Bonchev–Trinajstić information content (AvgIpc) is 3.26. The van der Waals surface area contributed by atoms with E-state index in [1.165, 1.54) is 19.3 Å². The fourth-order valence-electron chi connectivity index (χ4n) is 4.76. The molecule has 5 nitrogen and oxygen atoms in total. The Bertz CT molecular complexity index is 767. The highest BCUT2D eigenvalue weighted by atomic mass is 16.4. The maximum atomic E-state index is 13.2. The Morgan fingerprint density at radius 1 is 1.04 bits per heavy atom. The second kappa shape index (κ2) is 8.89. The zero-order chi connectivity index (χ0) is 19.3. The van der Waals surface area contributed by atoms with Crippen molar-refractivity contribution in [2.45, 2.75) is 76.0 Å². The molecule has 0 radical (unpaired) electrons. The SMILES string of the molecule is CCC(C(=O)N1CCCC(c2nnc(C3CCCCC3)o2)C1)c1ccccc1. The summed E-state index contributed by atoms with van der Waals surface area (Å²) in [6.07, 6.45) is 8.96. The summed E-state index contributed by atoms with van der Waals surface area (Å²) in [6, 6.07) is 10.1. The molecule has 1 saturated carbocycles. The maximum Gasteiger partial charge on any atom is 0.230 e. The van der Waals surface area contributed by atoms with E-state index in [1.807, 2.05) is 23.1 Å². The first-order chi connectivity index (χ1) is 13.8. The van der Waals surface area contributed by atoms with Gasteiger partial charge in [0.2, 0.25) is 17.7 Å². The summed E-state index contributed by atoms with van der Waals surface area (Å²) >= 11 is 0. The predicted octanol–water partition coefficient (Wildman–Crippen LogP) is 5.02. The summed E-state index contributed by atoms with van der Waals surface area (Å²) in [7, 11) is 0. The standard InChI is InChI=1S/C23H31N3O2/c1-2-20(17-10-5-3-6-11-17)23(27)26-15-9-14-19(16-26)22-25-24-21(28-22)18-12-7-4-8-13-18/h3,5-6,10-11,18-20H,2,4,7-9,12-16H2,1H3. The van der Waals surface area contributed by atoms with Crippen LogP contribution in [0.15, 0.2) is 34.7 Å². The molecule has 1 aromatic carbocycles. The number of benzene rings is 1. The van der Waals surface area contributed by atoms with Gasteiger partial charge in [0, 0.05) is 19.0 Å². The third-order valence-corrected chi connectivity index (χ3v) is 6.40. The lowest BCUT2D eigenvalue weighted by atomic mass is 9.89. The van der Waals surface area contributed by atoms with Crippen LogP contribution in [0, 0.1) is 0 Å². The first kappa shape index (κ1) is 19.2. The molecule has 1 saturated heterocycles. The molecule has 4 rings (SSSR count). The zero-order valence-corrected chi connectivity index (χ0v) is 16.8. The van der Waals surface area contributed by atoms with Crippen LogP contribution in [-0.2, 0) is 4.79 Å². The van der Waals surface area contributed by atoms with Crippen molar-refractivity contribution in [3.05, 3.63) is 47.7 Å². The number of nitrogens with zero attached hydrogens (tertiary/aromatic N) is 3. The number of hydrogen-bond acceptors (Lipinski definition) is 4. The van der Waals surface area contributed by atoms with E-state index in [9.17, 15) is 4.79 Å². The van der Waals surface area contributed by atoms with Gasteiger partial charge >= 0.3 is 0 Å². The third kappa shape index (κ3) is 4.13. The van der Waals surface area contributed by atoms with Crippen LogP contribution >= 0.6 is 0 Å². The minimum Gasteiger partial charge on any atom is -0.425 e. The van der Waals surface area contributed by atoms with Crippen molar-refractivity contribution >= 4 is 5.91 Å². The largest absolute Gasteiger partial charge is 0.425 e. The summed E-state index contributed by atoms with van der Waals surface area (Å²) in [4.78, 5) is 15.2. The molecular weight excluding hydrogens is 350 g/mol. The Labute approximate surface area is 167 Å². The molecule has 28 heavy (non-hydrogen) atoms. The first-order valence-corrected chi connectivity index (χ1v) is 10.9. The summed E-state index contributed by atoms with van der Waals surface area (Å²) in [6.45, 7) is 3.60. The Balaban J connectivity index is 1.44. The van der Waals surface area contributed by atoms with E-state index in [1.54, 1.807) is 0 Å². The molecule has 2 aliphatic rings. The van der Waals surface area contributed by atoms with Crippen molar-refractivity contribution in [3.63, 3.8) is 0 Å². The molecule has 5 heteroatoms. The minimum atomic E-state index is -0.0690. The van der Waals surface area contributed by atoms with E-state index < -0.39 is 0 Å². The number of piperidine rings is 1. The van der Waals surface area contributed by atoms with Gasteiger partial charge in [0.05, 0.1) is 11.8 Å². The molecule has 2 atom stereocenters. The van der Waals surface area contributed by atoms with E-state index in [2.05, 4.69) is 29.3 Å². The number of amides is 1. The minimum absolute atomic E-state index is 0.0690. The Kier molecular flexibility index (Phi) is 6.08. The average molecular weight is 382 g/mol. The number of aromatic nitrogens is 2. The summed E-state index contributed by atoms with van der Waals surface area (Å²) < 4.78 is 6.10. The van der Waals surface area contributed by atoms with Gasteiger partial charge in [-0.1, -0.05) is 56.5 Å². The highest BCUT2D eigenvalue weighted by Gasteiger charge is 2.32. The third-order valence-electron chi connectivity index (χ3n) is 6.40. The fraction of sp³-hybridized carbons (Fsp3) is 0.609. The number of carbonyl (C=O) groups excluding carboxylic acids is 1. The van der Waals surface area contributed by atoms with Gasteiger partial charge in [-0.15, -0.1) is 10.2 Å². The fourth-order valence-corrected chi connectivity index (χ4v) is 4.76. The van der Waals surface area contributed by atoms with Crippen molar-refractivity contribution in [2.24, 2.45) is 0 Å². The molecule has 2 fully saturated rings. The number of hydrogen-bond donors (Lipinski definition) is 0. The van der Waals surface area contributed by atoms with E-state index in [4.69, 9.17) is 4.42 Å². The van der Waals surface area contributed by atoms with Crippen LogP contribution < -0.4 is 0 Å². The maximum absolute atomic E-state index is 13.2. The number of carbonyl (C=O) groups is 1. The summed E-state index contributed by atoms with van der Waals surface area (Å²) in [5, 5.41) is 8.74. The smallest absolute Gasteiger partial charge is 0.230 e. The molecule has 1 aliphatic heterocycles. The molecule has 2 unspecified atom stereocenters. The van der Waals surface area contributed by atoms with Gasteiger partial charge in [0.15, 0.2) is 0 Å². The molecule has 150 valence electrons. The highest BCUT2D eigenvalue weighted by Crippen LogP contribution is 2.34. The molecule has 1 aromatic heterocycles. The van der Waals surface area contributed by atoms with Crippen LogP contribution in [0.1, 0.15) is 93.4 Å². The monoisotopic (exact) mass is 381 g/mol. The zero-order valence-electron chi connectivity index (χ0n) is 16.8. The van der Waals surface area contributed by atoms with Gasteiger partial charge < -0.3 is 9.32 Å². The number of likely N-dealkylation sites (tertiary alicyclic amines) is 1. The van der Waals surface area contributed by atoms with Crippen molar-refractivity contribution in [1.82, 2.24) is 15.1 Å². The van der Waals surface area contributed by atoms with E-state index in [-0.39, 0.29) is 17.7 Å². The lowest BCUT2D eigenvalue weighted by molar-refractivity contribution is -0.134. The lowest BCUT2D eigenvalue weighted by Gasteiger charge is -2.33. The predicted molar refractivity (Wildman–Crippen MR) is 108 cm³/mol. The Morgan fingerprint density at radius 3 is 2.43 bits per heavy atom. The van der Waals surface area contributed by atoms with Gasteiger partial charge in [-0.3, -0.25) is 4.79 Å². The molecule has 1 amide bonds. The van der Waals surface area contributed by atoms with Crippen LogP contribution in [0.2, 0.25) is 0 Å². The van der Waals surface area contributed by atoms with Crippen molar-refractivity contribution < 1.29 is 9.21 Å². The second-order valence-electron chi connectivity index (χ2n) is 8.31. The molecular formula is C23H31N3O2. The van der Waals surface area contributed by atoms with Crippen LogP contribution in [0.25, 0.3) is 0 Å². The molecule has 0 bridgehead atoms. The van der Waals surface area contributed by atoms with E-state index in [0.717, 1.165) is 56.0 Å². The second-order valence-corrected chi connectivity index (χ2v) is 8.31. The Morgan fingerprint density at radius 2 is 1.71 bits per heavy atom. The van der Waals surface area contributed by atoms with Crippen molar-refractivity contribution in [3.8, 4) is 0 Å². The quantitative estimate of drug-likeness (QED) is 0.730. The van der Waals surface area contributed by atoms with Gasteiger partial charge in [0.25, 0.3) is 0 Å². The lowest BCUT2D eigenvalue weighted by Crippen LogP contribution is -2.41.